The van der Waals surface area contributed by atoms with Crippen molar-refractivity contribution in [3.05, 3.63) is 88.4 Å². The molecule has 0 aliphatic heterocycles. The highest BCUT2D eigenvalue weighted by Gasteiger charge is 2.11. The first-order valence-corrected chi connectivity index (χ1v) is 9.11. The van der Waals surface area contributed by atoms with Crippen molar-refractivity contribution in [3.63, 3.8) is 0 Å². The Kier molecular flexibility index (Phi) is 6.71. The number of carbonyl (C=O) groups is 1. The van der Waals surface area contributed by atoms with E-state index >= 15 is 0 Å². The lowest BCUT2D eigenvalue weighted by Gasteiger charge is -2.11. The average molecular weight is 411 g/mol. The number of hydrazone groups is 1. The molecule has 0 bridgehead atoms. The van der Waals surface area contributed by atoms with Crippen LogP contribution in [-0.4, -0.2) is 24.3 Å². The third-order valence-electron chi connectivity index (χ3n) is 4.01. The van der Waals surface area contributed by atoms with Gasteiger partial charge in [0.2, 0.25) is 0 Å². The molecule has 3 aromatic carbocycles. The summed E-state index contributed by atoms with van der Waals surface area (Å²) < 4.78 is 11.2. The molecule has 0 aromatic heterocycles. The molecule has 148 valence electrons. The molecule has 3 aromatic rings. The molecular formula is C22H19ClN2O4. The zero-order valence-electron chi connectivity index (χ0n) is 15.6. The van der Waals surface area contributed by atoms with Gasteiger partial charge in [-0.3, -0.25) is 4.79 Å². The predicted octanol–water partition coefficient (Wildman–Crippen LogP) is 4.40. The summed E-state index contributed by atoms with van der Waals surface area (Å²) in [5, 5.41) is 14.0. The summed E-state index contributed by atoms with van der Waals surface area (Å²) in [4.78, 5) is 12.1. The van der Waals surface area contributed by atoms with Crippen LogP contribution in [0.25, 0.3) is 0 Å². The minimum Gasteiger partial charge on any atom is -0.507 e. The van der Waals surface area contributed by atoms with Crippen LogP contribution in [-0.2, 0) is 6.61 Å². The van der Waals surface area contributed by atoms with Gasteiger partial charge in [0, 0.05) is 5.02 Å². The minimum atomic E-state index is -0.573. The van der Waals surface area contributed by atoms with E-state index in [0.29, 0.717) is 28.7 Å². The van der Waals surface area contributed by atoms with Gasteiger partial charge < -0.3 is 14.6 Å². The van der Waals surface area contributed by atoms with Gasteiger partial charge in [-0.25, -0.2) is 5.43 Å². The molecule has 3 rings (SSSR count). The van der Waals surface area contributed by atoms with Crippen LogP contribution in [0, 0.1) is 0 Å². The van der Waals surface area contributed by atoms with Crippen molar-refractivity contribution in [3.8, 4) is 17.2 Å². The molecule has 0 unspecified atom stereocenters. The molecule has 0 aliphatic carbocycles. The van der Waals surface area contributed by atoms with Gasteiger partial charge >= 0.3 is 0 Å². The lowest BCUT2D eigenvalue weighted by molar-refractivity contribution is 0.0952. The number of carbonyl (C=O) groups excluding carboxylic acids is 1. The Hall–Kier alpha value is -3.51. The molecule has 1 amide bonds. The standard InChI is InChI=1S/C22H19ClN2O4/c1-28-21-11-16(7-10-20(21)29-14-15-5-3-2-4-6-15)13-24-25-22(27)18-12-17(23)8-9-19(18)26/h2-13,26H,14H2,1H3,(H,25,27)/b24-13+. The van der Waals surface area contributed by atoms with Crippen molar-refractivity contribution in [2.75, 3.05) is 7.11 Å². The third kappa shape index (κ3) is 5.49. The number of ether oxygens (including phenoxy) is 2. The van der Waals surface area contributed by atoms with E-state index in [9.17, 15) is 9.90 Å². The Morgan fingerprint density at radius 2 is 1.90 bits per heavy atom. The second-order valence-corrected chi connectivity index (χ2v) is 6.48. The van der Waals surface area contributed by atoms with Gasteiger partial charge in [-0.2, -0.15) is 5.10 Å². The zero-order chi connectivity index (χ0) is 20.6. The molecule has 0 atom stereocenters. The molecule has 0 radical (unpaired) electrons. The lowest BCUT2D eigenvalue weighted by Crippen LogP contribution is -2.17. The Morgan fingerprint density at radius 3 is 2.66 bits per heavy atom. The van der Waals surface area contributed by atoms with Gasteiger partial charge in [0.05, 0.1) is 18.9 Å². The van der Waals surface area contributed by atoms with E-state index in [1.165, 1.54) is 24.4 Å². The number of nitrogens with one attached hydrogen (secondary N) is 1. The maximum Gasteiger partial charge on any atom is 0.275 e. The third-order valence-corrected chi connectivity index (χ3v) is 4.24. The number of halogens is 1. The largest absolute Gasteiger partial charge is 0.507 e. The van der Waals surface area contributed by atoms with Crippen LogP contribution in [0.3, 0.4) is 0 Å². The van der Waals surface area contributed by atoms with E-state index in [0.717, 1.165) is 5.56 Å². The number of amides is 1. The topological polar surface area (TPSA) is 80.2 Å². The number of methoxy groups -OCH3 is 1. The summed E-state index contributed by atoms with van der Waals surface area (Å²) in [5.41, 5.74) is 4.14. The summed E-state index contributed by atoms with van der Waals surface area (Å²) in [6.45, 7) is 0.420. The van der Waals surface area contributed by atoms with E-state index in [1.54, 1.807) is 25.3 Å². The predicted molar refractivity (Wildman–Crippen MR) is 112 cm³/mol. The highest BCUT2D eigenvalue weighted by atomic mass is 35.5. The molecule has 0 fully saturated rings. The van der Waals surface area contributed by atoms with Gasteiger partial charge in [0.25, 0.3) is 5.91 Å². The first-order valence-electron chi connectivity index (χ1n) is 8.73. The SMILES string of the molecule is COc1cc(/C=N/NC(=O)c2cc(Cl)ccc2O)ccc1OCc1ccccc1. The number of aromatic hydroxyl groups is 1. The van der Waals surface area contributed by atoms with Gasteiger partial charge in [-0.1, -0.05) is 41.9 Å². The Bertz CT molecular complexity index is 1020. The number of nitrogens with zero attached hydrogens (tertiary/aromatic N) is 1. The second kappa shape index (κ2) is 9.61. The monoisotopic (exact) mass is 410 g/mol. The number of hydrogen-bond donors (Lipinski definition) is 2. The molecule has 0 heterocycles. The highest BCUT2D eigenvalue weighted by Crippen LogP contribution is 2.28. The number of hydrogen-bond acceptors (Lipinski definition) is 5. The number of rotatable bonds is 7. The fourth-order valence-corrected chi connectivity index (χ4v) is 2.71. The Balaban J connectivity index is 1.65. The van der Waals surface area contributed by atoms with Crippen molar-refractivity contribution in [2.24, 2.45) is 5.10 Å². The first kappa shape index (κ1) is 20.2. The summed E-state index contributed by atoms with van der Waals surface area (Å²) >= 11 is 5.85. The van der Waals surface area contributed by atoms with Crippen molar-refractivity contribution >= 4 is 23.7 Å². The van der Waals surface area contributed by atoms with E-state index in [2.05, 4.69) is 10.5 Å². The van der Waals surface area contributed by atoms with Gasteiger partial charge in [-0.05, 0) is 47.5 Å². The normalized spacial score (nSPS) is 10.7. The Labute approximate surface area is 173 Å². The van der Waals surface area contributed by atoms with Crippen LogP contribution in [0.5, 0.6) is 17.2 Å². The van der Waals surface area contributed by atoms with E-state index < -0.39 is 5.91 Å². The molecule has 0 saturated carbocycles. The highest BCUT2D eigenvalue weighted by molar-refractivity contribution is 6.31. The van der Waals surface area contributed by atoms with Crippen molar-refractivity contribution in [1.82, 2.24) is 5.43 Å². The van der Waals surface area contributed by atoms with Crippen molar-refractivity contribution in [1.29, 1.82) is 0 Å². The van der Waals surface area contributed by atoms with Crippen LogP contribution in [0.1, 0.15) is 21.5 Å². The first-order chi connectivity index (χ1) is 14.1. The molecule has 2 N–H and O–H groups in total. The van der Waals surface area contributed by atoms with Crippen LogP contribution in [0.2, 0.25) is 5.02 Å². The Morgan fingerprint density at radius 1 is 1.10 bits per heavy atom. The van der Waals surface area contributed by atoms with Crippen LogP contribution in [0.4, 0.5) is 0 Å². The average Bonchev–Trinajstić information content (AvgIpc) is 2.75. The fourth-order valence-electron chi connectivity index (χ4n) is 2.53. The quantitative estimate of drug-likeness (QED) is 0.447. The molecule has 6 nitrogen and oxygen atoms in total. The smallest absolute Gasteiger partial charge is 0.275 e. The van der Waals surface area contributed by atoms with Crippen LogP contribution in [0.15, 0.2) is 71.8 Å². The van der Waals surface area contributed by atoms with E-state index in [4.69, 9.17) is 21.1 Å². The van der Waals surface area contributed by atoms with Gasteiger partial charge in [0.15, 0.2) is 11.5 Å². The number of phenols is 1. The van der Waals surface area contributed by atoms with Crippen molar-refractivity contribution < 1.29 is 19.4 Å². The van der Waals surface area contributed by atoms with Gasteiger partial charge in [0.1, 0.15) is 12.4 Å². The molecule has 0 saturated heterocycles. The molecular weight excluding hydrogens is 392 g/mol. The van der Waals surface area contributed by atoms with E-state index in [-0.39, 0.29) is 11.3 Å². The molecule has 29 heavy (non-hydrogen) atoms. The molecule has 7 heteroatoms. The summed E-state index contributed by atoms with van der Waals surface area (Å²) in [6.07, 6.45) is 1.46. The van der Waals surface area contributed by atoms with Gasteiger partial charge in [-0.15, -0.1) is 0 Å². The number of benzene rings is 3. The van der Waals surface area contributed by atoms with E-state index in [1.807, 2.05) is 30.3 Å². The second-order valence-electron chi connectivity index (χ2n) is 6.05. The number of phenolic OH excluding ortho intramolecular Hbond substituents is 1. The lowest BCUT2D eigenvalue weighted by atomic mass is 10.2. The summed E-state index contributed by atoms with van der Waals surface area (Å²) in [7, 11) is 1.55. The van der Waals surface area contributed by atoms with Crippen molar-refractivity contribution in [2.45, 2.75) is 6.61 Å². The fraction of sp³-hybridized carbons (Fsp3) is 0.0909. The van der Waals surface area contributed by atoms with Crippen LogP contribution < -0.4 is 14.9 Å². The maximum absolute atomic E-state index is 12.1. The molecule has 0 spiro atoms. The summed E-state index contributed by atoms with van der Waals surface area (Å²) in [6, 6.07) is 19.3. The zero-order valence-corrected chi connectivity index (χ0v) is 16.4. The molecule has 0 aliphatic rings. The van der Waals surface area contributed by atoms with Crippen LogP contribution >= 0.6 is 11.6 Å². The maximum atomic E-state index is 12.1. The minimum absolute atomic E-state index is 0.0388. The summed E-state index contributed by atoms with van der Waals surface area (Å²) in [5.74, 6) is 0.393.